The topological polar surface area (TPSA) is 69.6 Å². The minimum absolute atomic E-state index is 0.152. The molecule has 1 aliphatic heterocycles. The van der Waals surface area contributed by atoms with Crippen molar-refractivity contribution in [1.29, 1.82) is 0 Å². The zero-order valence-corrected chi connectivity index (χ0v) is 20.3. The first-order valence-corrected chi connectivity index (χ1v) is 12.6. The number of carbonyl (C=O) groups is 2. The highest BCUT2D eigenvalue weighted by Crippen LogP contribution is 2.38. The molecule has 2 amide bonds. The third kappa shape index (κ3) is 5.35. The van der Waals surface area contributed by atoms with Gasteiger partial charge in [-0.05, 0) is 96.5 Å². The van der Waals surface area contributed by atoms with E-state index in [0.29, 0.717) is 35.5 Å². The molecule has 5 nitrogen and oxygen atoms in total. The number of halogens is 1. The number of hydrogen-bond donors (Lipinski definition) is 2. The molecule has 1 saturated carbocycles. The van der Waals surface area contributed by atoms with Crippen LogP contribution in [0, 0.1) is 5.92 Å². The molecule has 2 N–H and O–H groups in total. The average molecular weight is 489 g/mol. The van der Waals surface area contributed by atoms with Crippen LogP contribution in [0.1, 0.15) is 49.1 Å². The summed E-state index contributed by atoms with van der Waals surface area (Å²) in [5.74, 6) is 0.152. The Bertz CT molecular complexity index is 1230. The lowest BCUT2D eigenvalue weighted by Gasteiger charge is -2.28. The Balaban J connectivity index is 1.24. The van der Waals surface area contributed by atoms with Gasteiger partial charge in [-0.15, -0.1) is 0 Å². The molecular weight excluding hydrogens is 460 g/mol. The summed E-state index contributed by atoms with van der Waals surface area (Å²) in [4.78, 5) is 25.6. The number of rotatable bonds is 5. The summed E-state index contributed by atoms with van der Waals surface area (Å²) < 4.78 is 0. The van der Waals surface area contributed by atoms with Gasteiger partial charge in [0.15, 0.2) is 0 Å². The molecule has 1 heterocycles. The van der Waals surface area contributed by atoms with Crippen LogP contribution in [-0.4, -0.2) is 23.7 Å². The Hall–Kier alpha value is -3.31. The molecule has 35 heavy (non-hydrogen) atoms. The fourth-order valence-corrected chi connectivity index (χ4v) is 5.63. The number of aliphatic carboxylic acids is 1. The molecule has 3 aromatic carbocycles. The molecule has 180 valence electrons. The number of urea groups is 1. The fraction of sp³-hybridized carbons (Fsp3) is 0.310. The van der Waals surface area contributed by atoms with Crippen LogP contribution in [0.15, 0.2) is 66.7 Å². The predicted octanol–water partition coefficient (Wildman–Crippen LogP) is 7.35. The van der Waals surface area contributed by atoms with E-state index in [4.69, 9.17) is 16.7 Å². The number of hydrogen-bond acceptors (Lipinski definition) is 2. The summed E-state index contributed by atoms with van der Waals surface area (Å²) in [6.07, 6.45) is 5.22. The Kier molecular flexibility index (Phi) is 6.78. The Morgan fingerprint density at radius 1 is 0.943 bits per heavy atom. The molecule has 6 heteroatoms. The third-order valence-corrected chi connectivity index (χ3v) is 7.56. The van der Waals surface area contributed by atoms with Crippen LogP contribution < -0.4 is 10.2 Å². The van der Waals surface area contributed by atoms with Crippen molar-refractivity contribution < 1.29 is 14.7 Å². The maximum atomic E-state index is 12.8. The van der Waals surface area contributed by atoms with Gasteiger partial charge in [0, 0.05) is 29.4 Å². The highest BCUT2D eigenvalue weighted by atomic mass is 35.5. The number of fused-ring (bicyclic) bond motifs is 1. The maximum Gasteiger partial charge on any atom is 0.326 e. The van der Waals surface area contributed by atoms with Crippen molar-refractivity contribution in [2.45, 2.75) is 44.4 Å². The minimum Gasteiger partial charge on any atom is -0.481 e. The van der Waals surface area contributed by atoms with Crippen LogP contribution in [0.25, 0.3) is 11.1 Å². The molecule has 1 fully saturated rings. The Morgan fingerprint density at radius 2 is 1.69 bits per heavy atom. The van der Waals surface area contributed by atoms with Crippen molar-refractivity contribution in [1.82, 2.24) is 0 Å². The number of benzene rings is 3. The van der Waals surface area contributed by atoms with Crippen molar-refractivity contribution in [3.05, 3.63) is 82.9 Å². The largest absolute Gasteiger partial charge is 0.481 e. The van der Waals surface area contributed by atoms with Gasteiger partial charge in [-0.2, -0.15) is 0 Å². The van der Waals surface area contributed by atoms with E-state index in [2.05, 4.69) is 41.7 Å². The highest BCUT2D eigenvalue weighted by molar-refractivity contribution is 6.30. The summed E-state index contributed by atoms with van der Waals surface area (Å²) in [5.41, 5.74) is 6.46. The second kappa shape index (κ2) is 10.1. The van der Waals surface area contributed by atoms with Crippen molar-refractivity contribution in [3.8, 4) is 11.1 Å². The molecule has 3 aromatic rings. The molecule has 2 aliphatic rings. The van der Waals surface area contributed by atoms with Gasteiger partial charge in [-0.1, -0.05) is 48.0 Å². The predicted molar refractivity (Wildman–Crippen MR) is 140 cm³/mol. The quantitative estimate of drug-likeness (QED) is 0.394. The van der Waals surface area contributed by atoms with Gasteiger partial charge in [0.1, 0.15) is 0 Å². The monoisotopic (exact) mass is 488 g/mol. The zero-order valence-electron chi connectivity index (χ0n) is 19.5. The van der Waals surface area contributed by atoms with Crippen molar-refractivity contribution in [2.24, 2.45) is 5.92 Å². The zero-order chi connectivity index (χ0) is 24.4. The SMILES string of the molecule is O=C(O)C[C@H]1CC[C@H](c2ccc(-c3ccc4c(c3)CCN4C(=O)Nc3cccc(Cl)c3)cc2)CC1. The standard InChI is InChI=1S/C29H29ClN2O3/c30-25-2-1-3-26(18-25)31-29(35)32-15-14-24-17-23(12-13-27(24)32)22-10-8-21(9-11-22)20-6-4-19(5-7-20)16-28(33)34/h1-3,8-13,17-20H,4-7,14-16H2,(H,31,35)(H,33,34)/t19-,20-. The van der Waals surface area contributed by atoms with Gasteiger partial charge in [0.2, 0.25) is 0 Å². The van der Waals surface area contributed by atoms with E-state index in [1.807, 2.05) is 18.2 Å². The van der Waals surface area contributed by atoms with Crippen molar-refractivity contribution in [2.75, 3.05) is 16.8 Å². The van der Waals surface area contributed by atoms with Gasteiger partial charge < -0.3 is 10.4 Å². The van der Waals surface area contributed by atoms with E-state index >= 15 is 0 Å². The van der Waals surface area contributed by atoms with Crippen LogP contribution in [-0.2, 0) is 11.2 Å². The van der Waals surface area contributed by atoms with E-state index in [0.717, 1.165) is 48.9 Å². The second-order valence-corrected chi connectivity index (χ2v) is 10.1. The number of carboxylic acid groups (broad SMARTS) is 1. The van der Waals surface area contributed by atoms with E-state index in [-0.39, 0.29) is 6.03 Å². The number of carboxylic acids is 1. The number of amides is 2. The van der Waals surface area contributed by atoms with E-state index in [1.165, 1.54) is 11.1 Å². The normalized spacial score (nSPS) is 19.3. The van der Waals surface area contributed by atoms with Gasteiger partial charge in [0.05, 0.1) is 0 Å². The highest BCUT2D eigenvalue weighted by Gasteiger charge is 2.26. The number of carbonyl (C=O) groups excluding carboxylic acids is 1. The first-order valence-electron chi connectivity index (χ1n) is 12.3. The fourth-order valence-electron chi connectivity index (χ4n) is 5.44. The molecule has 0 saturated heterocycles. The number of nitrogens with zero attached hydrogens (tertiary/aromatic N) is 1. The van der Waals surface area contributed by atoms with Gasteiger partial charge in [0.25, 0.3) is 0 Å². The molecule has 5 rings (SSSR count). The summed E-state index contributed by atoms with van der Waals surface area (Å²) >= 11 is 6.04. The molecule has 0 unspecified atom stereocenters. The Morgan fingerprint density at radius 3 is 2.40 bits per heavy atom. The van der Waals surface area contributed by atoms with Gasteiger partial charge >= 0.3 is 12.0 Å². The summed E-state index contributed by atoms with van der Waals surface area (Å²) in [7, 11) is 0. The third-order valence-electron chi connectivity index (χ3n) is 7.32. The minimum atomic E-state index is -0.683. The number of nitrogens with one attached hydrogen (secondary N) is 1. The molecule has 0 radical (unpaired) electrons. The van der Waals surface area contributed by atoms with Crippen LogP contribution in [0.4, 0.5) is 16.2 Å². The maximum absolute atomic E-state index is 12.8. The molecule has 0 aromatic heterocycles. The molecule has 0 spiro atoms. The lowest BCUT2D eigenvalue weighted by Crippen LogP contribution is -2.33. The molecule has 0 atom stereocenters. The average Bonchev–Trinajstić information content (AvgIpc) is 3.28. The molecule has 1 aliphatic carbocycles. The van der Waals surface area contributed by atoms with E-state index in [1.54, 1.807) is 17.0 Å². The molecular formula is C29H29ClN2O3. The van der Waals surface area contributed by atoms with E-state index in [9.17, 15) is 9.59 Å². The smallest absolute Gasteiger partial charge is 0.326 e. The second-order valence-electron chi connectivity index (χ2n) is 9.62. The van der Waals surface area contributed by atoms with Crippen LogP contribution in [0.3, 0.4) is 0 Å². The lowest BCUT2D eigenvalue weighted by molar-refractivity contribution is -0.138. The molecule has 0 bridgehead atoms. The van der Waals surface area contributed by atoms with Crippen molar-refractivity contribution >= 4 is 35.0 Å². The Labute approximate surface area is 210 Å². The summed E-state index contributed by atoms with van der Waals surface area (Å²) in [5, 5.41) is 12.6. The summed E-state index contributed by atoms with van der Waals surface area (Å²) in [6, 6.07) is 22.1. The first-order chi connectivity index (χ1) is 17.0. The van der Waals surface area contributed by atoms with Crippen LogP contribution >= 0.6 is 11.6 Å². The van der Waals surface area contributed by atoms with Crippen LogP contribution in [0.5, 0.6) is 0 Å². The number of anilines is 2. The van der Waals surface area contributed by atoms with Gasteiger partial charge in [-0.3, -0.25) is 9.69 Å². The van der Waals surface area contributed by atoms with E-state index < -0.39 is 5.97 Å². The van der Waals surface area contributed by atoms with Gasteiger partial charge in [-0.25, -0.2) is 4.79 Å². The summed E-state index contributed by atoms with van der Waals surface area (Å²) in [6.45, 7) is 0.647. The lowest BCUT2D eigenvalue weighted by atomic mass is 9.77. The van der Waals surface area contributed by atoms with Crippen LogP contribution in [0.2, 0.25) is 5.02 Å². The van der Waals surface area contributed by atoms with Crippen molar-refractivity contribution in [3.63, 3.8) is 0 Å². The first kappa shape index (κ1) is 23.4.